The number of nitrogens with zero attached hydrogens (tertiary/aromatic N) is 3. The summed E-state index contributed by atoms with van der Waals surface area (Å²) >= 11 is 0. The lowest BCUT2D eigenvalue weighted by Crippen LogP contribution is -2.39. The van der Waals surface area contributed by atoms with Gasteiger partial charge in [0, 0.05) is 33.2 Å². The van der Waals surface area contributed by atoms with Crippen LogP contribution < -0.4 is 5.32 Å². The van der Waals surface area contributed by atoms with Crippen LogP contribution in [0.5, 0.6) is 0 Å². The maximum Gasteiger partial charge on any atom is 0.341 e. The Balaban J connectivity index is 1.93. The number of aryl methyl sites for hydroxylation is 2. The molecule has 1 aliphatic heterocycles. The lowest BCUT2D eigenvalue weighted by molar-refractivity contribution is 0.0398. The number of rotatable bonds is 5. The first-order valence-corrected chi connectivity index (χ1v) is 6.40. The summed E-state index contributed by atoms with van der Waals surface area (Å²) in [5.41, 5.74) is 0.786. The average molecular weight is 268 g/mol. The highest BCUT2D eigenvalue weighted by Gasteiger charge is 2.19. The SMILES string of the molecule is Cc1nn(C)c(NCCN2CCOCC2)c1C(=O)O. The van der Waals surface area contributed by atoms with E-state index in [0.29, 0.717) is 18.1 Å². The number of carboxylic acids is 1. The molecule has 7 nitrogen and oxygen atoms in total. The molecule has 2 rings (SSSR count). The molecule has 1 saturated heterocycles. The van der Waals surface area contributed by atoms with Crippen LogP contribution in [0.4, 0.5) is 5.82 Å². The van der Waals surface area contributed by atoms with Crippen molar-refractivity contribution in [3.05, 3.63) is 11.3 Å². The molecule has 1 fully saturated rings. The molecule has 7 heteroatoms. The fraction of sp³-hybridized carbons (Fsp3) is 0.667. The number of anilines is 1. The van der Waals surface area contributed by atoms with Gasteiger partial charge in [-0.3, -0.25) is 9.58 Å². The third-order valence-corrected chi connectivity index (χ3v) is 3.26. The van der Waals surface area contributed by atoms with Gasteiger partial charge in [-0.2, -0.15) is 5.10 Å². The summed E-state index contributed by atoms with van der Waals surface area (Å²) in [5.74, 6) is -0.377. The third kappa shape index (κ3) is 3.24. The van der Waals surface area contributed by atoms with E-state index in [9.17, 15) is 9.90 Å². The van der Waals surface area contributed by atoms with Crippen molar-refractivity contribution in [3.63, 3.8) is 0 Å². The van der Waals surface area contributed by atoms with Gasteiger partial charge in [0.1, 0.15) is 11.4 Å². The van der Waals surface area contributed by atoms with E-state index in [1.165, 1.54) is 0 Å². The summed E-state index contributed by atoms with van der Waals surface area (Å²) in [5, 5.41) is 16.5. The fourth-order valence-electron chi connectivity index (χ4n) is 2.27. The molecule has 1 aliphatic rings. The topological polar surface area (TPSA) is 79.6 Å². The minimum Gasteiger partial charge on any atom is -0.477 e. The molecule has 1 aromatic rings. The van der Waals surface area contributed by atoms with Crippen molar-refractivity contribution in [2.75, 3.05) is 44.7 Å². The number of carboxylic acid groups (broad SMARTS) is 1. The van der Waals surface area contributed by atoms with Gasteiger partial charge in [-0.15, -0.1) is 0 Å². The number of hydrogen-bond donors (Lipinski definition) is 2. The van der Waals surface area contributed by atoms with Gasteiger partial charge in [-0.05, 0) is 6.92 Å². The van der Waals surface area contributed by atoms with Crippen LogP contribution in [0.15, 0.2) is 0 Å². The smallest absolute Gasteiger partial charge is 0.341 e. The van der Waals surface area contributed by atoms with Crippen molar-refractivity contribution in [3.8, 4) is 0 Å². The van der Waals surface area contributed by atoms with Gasteiger partial charge in [-0.1, -0.05) is 0 Å². The molecule has 0 aromatic carbocycles. The Morgan fingerprint density at radius 3 is 2.79 bits per heavy atom. The Hall–Kier alpha value is -1.60. The zero-order valence-corrected chi connectivity index (χ0v) is 11.3. The molecule has 0 amide bonds. The van der Waals surface area contributed by atoms with Crippen LogP contribution in [0.3, 0.4) is 0 Å². The van der Waals surface area contributed by atoms with Crippen molar-refractivity contribution in [2.24, 2.45) is 7.05 Å². The van der Waals surface area contributed by atoms with Gasteiger partial charge in [0.25, 0.3) is 0 Å². The molecule has 0 saturated carbocycles. The molecular weight excluding hydrogens is 248 g/mol. The quantitative estimate of drug-likeness (QED) is 0.792. The number of nitrogens with one attached hydrogen (secondary N) is 1. The summed E-state index contributed by atoms with van der Waals surface area (Å²) in [6.45, 7) is 6.66. The second kappa shape index (κ2) is 6.03. The van der Waals surface area contributed by atoms with Crippen LogP contribution in [0.1, 0.15) is 16.1 Å². The molecule has 0 spiro atoms. The molecule has 1 aromatic heterocycles. The summed E-state index contributed by atoms with van der Waals surface area (Å²) in [7, 11) is 1.75. The number of morpholine rings is 1. The maximum absolute atomic E-state index is 11.2. The molecule has 0 radical (unpaired) electrons. The summed E-state index contributed by atoms with van der Waals surface area (Å²) in [6, 6.07) is 0. The molecule has 0 aliphatic carbocycles. The molecule has 106 valence electrons. The van der Waals surface area contributed by atoms with E-state index in [0.717, 1.165) is 32.8 Å². The van der Waals surface area contributed by atoms with Crippen LogP contribution in [0.2, 0.25) is 0 Å². The highest BCUT2D eigenvalue weighted by molar-refractivity contribution is 5.94. The number of aromatic carboxylic acids is 1. The Morgan fingerprint density at radius 1 is 1.47 bits per heavy atom. The van der Waals surface area contributed by atoms with Crippen LogP contribution in [0.25, 0.3) is 0 Å². The van der Waals surface area contributed by atoms with Gasteiger partial charge < -0.3 is 15.2 Å². The molecule has 0 unspecified atom stereocenters. The highest BCUT2D eigenvalue weighted by atomic mass is 16.5. The van der Waals surface area contributed by atoms with Crippen LogP contribution in [-0.4, -0.2) is 65.1 Å². The summed E-state index contributed by atoms with van der Waals surface area (Å²) in [6.07, 6.45) is 0. The zero-order valence-electron chi connectivity index (χ0n) is 11.3. The highest BCUT2D eigenvalue weighted by Crippen LogP contribution is 2.18. The summed E-state index contributed by atoms with van der Waals surface area (Å²) in [4.78, 5) is 13.5. The Kier molecular flexibility index (Phi) is 4.39. The largest absolute Gasteiger partial charge is 0.477 e. The fourth-order valence-corrected chi connectivity index (χ4v) is 2.27. The second-order valence-corrected chi connectivity index (χ2v) is 4.62. The molecule has 2 N–H and O–H groups in total. The van der Waals surface area contributed by atoms with E-state index >= 15 is 0 Å². The van der Waals surface area contributed by atoms with Crippen molar-refractivity contribution in [2.45, 2.75) is 6.92 Å². The summed E-state index contributed by atoms with van der Waals surface area (Å²) < 4.78 is 6.86. The molecule has 0 atom stereocenters. The van der Waals surface area contributed by atoms with Gasteiger partial charge in [-0.25, -0.2) is 4.79 Å². The standard InChI is InChI=1S/C12H20N4O3/c1-9-10(12(17)18)11(15(2)14-9)13-3-4-16-5-7-19-8-6-16/h13H,3-8H2,1-2H3,(H,17,18). The minimum atomic E-state index is -0.945. The predicted molar refractivity (Wildman–Crippen MR) is 70.7 cm³/mol. The Morgan fingerprint density at radius 2 is 2.16 bits per heavy atom. The van der Waals surface area contributed by atoms with Crippen molar-refractivity contribution in [1.29, 1.82) is 0 Å². The van der Waals surface area contributed by atoms with E-state index in [4.69, 9.17) is 4.74 Å². The Labute approximate surface area is 112 Å². The normalized spacial score (nSPS) is 16.5. The van der Waals surface area contributed by atoms with Gasteiger partial charge in [0.15, 0.2) is 0 Å². The van der Waals surface area contributed by atoms with E-state index in [2.05, 4.69) is 15.3 Å². The van der Waals surface area contributed by atoms with Crippen LogP contribution in [0, 0.1) is 6.92 Å². The molecule has 2 heterocycles. The van der Waals surface area contributed by atoms with E-state index in [-0.39, 0.29) is 5.56 Å². The molecule has 0 bridgehead atoms. The minimum absolute atomic E-state index is 0.254. The number of ether oxygens (including phenoxy) is 1. The van der Waals surface area contributed by atoms with Crippen molar-refractivity contribution in [1.82, 2.24) is 14.7 Å². The monoisotopic (exact) mass is 268 g/mol. The molecular formula is C12H20N4O3. The van der Waals surface area contributed by atoms with Gasteiger partial charge >= 0.3 is 5.97 Å². The third-order valence-electron chi connectivity index (χ3n) is 3.26. The first kappa shape index (κ1) is 13.8. The number of hydrogen-bond acceptors (Lipinski definition) is 5. The van der Waals surface area contributed by atoms with E-state index in [1.54, 1.807) is 18.7 Å². The second-order valence-electron chi connectivity index (χ2n) is 4.62. The Bertz CT molecular complexity index is 452. The zero-order chi connectivity index (χ0) is 13.8. The van der Waals surface area contributed by atoms with Crippen LogP contribution in [-0.2, 0) is 11.8 Å². The van der Waals surface area contributed by atoms with Gasteiger partial charge in [0.2, 0.25) is 0 Å². The number of carbonyl (C=O) groups is 1. The number of aromatic nitrogens is 2. The molecule has 19 heavy (non-hydrogen) atoms. The van der Waals surface area contributed by atoms with Crippen molar-refractivity contribution >= 4 is 11.8 Å². The maximum atomic E-state index is 11.2. The van der Waals surface area contributed by atoms with Crippen LogP contribution >= 0.6 is 0 Å². The van der Waals surface area contributed by atoms with Crippen molar-refractivity contribution < 1.29 is 14.6 Å². The predicted octanol–water partition coefficient (Wildman–Crippen LogP) is 0.171. The average Bonchev–Trinajstić information content (AvgIpc) is 2.65. The van der Waals surface area contributed by atoms with E-state index in [1.807, 2.05) is 0 Å². The first-order valence-electron chi connectivity index (χ1n) is 6.40. The first-order chi connectivity index (χ1) is 9.09. The van der Waals surface area contributed by atoms with E-state index < -0.39 is 5.97 Å². The lowest BCUT2D eigenvalue weighted by Gasteiger charge is -2.26. The van der Waals surface area contributed by atoms with Gasteiger partial charge in [0.05, 0.1) is 18.9 Å². The lowest BCUT2D eigenvalue weighted by atomic mass is 10.2.